The van der Waals surface area contributed by atoms with Gasteiger partial charge in [-0.1, -0.05) is 24.8 Å². The van der Waals surface area contributed by atoms with Crippen molar-refractivity contribution in [2.45, 2.75) is 0 Å². The van der Waals surface area contributed by atoms with E-state index in [0.717, 1.165) is 5.69 Å². The number of carbonyl (C=O) groups is 1. The fourth-order valence-electron chi connectivity index (χ4n) is 0.848. The van der Waals surface area contributed by atoms with Crippen LogP contribution in [-0.2, 0) is 4.79 Å². The molecule has 0 bridgehead atoms. The first-order valence-electron chi connectivity index (χ1n) is 3.62. The van der Waals surface area contributed by atoms with Crippen molar-refractivity contribution in [1.82, 2.24) is 0 Å². The summed E-state index contributed by atoms with van der Waals surface area (Å²) in [7, 11) is 1.69. The van der Waals surface area contributed by atoms with Gasteiger partial charge in [-0.3, -0.25) is 4.79 Å². The molecular weight excluding hydrogens is 150 g/mol. The molecule has 0 aromatic heterocycles. The number of benzene rings is 1. The fourth-order valence-corrected chi connectivity index (χ4v) is 0.848. The van der Waals surface area contributed by atoms with E-state index in [1.807, 2.05) is 18.2 Å². The second-order valence-electron chi connectivity index (χ2n) is 2.35. The topological polar surface area (TPSA) is 20.3 Å². The second kappa shape index (κ2) is 3.72. The highest BCUT2D eigenvalue weighted by Gasteiger charge is 2.04. The van der Waals surface area contributed by atoms with Crippen LogP contribution in [0.15, 0.2) is 36.9 Å². The van der Waals surface area contributed by atoms with E-state index in [4.69, 9.17) is 0 Å². The predicted molar refractivity (Wildman–Crippen MR) is 48.9 cm³/mol. The molecule has 0 unspecified atom stereocenters. The smallest absolute Gasteiger partial charge is 0.250 e. The van der Waals surface area contributed by atoms with Gasteiger partial charge >= 0.3 is 0 Å². The molecule has 0 fully saturated rings. The number of amides is 1. The zero-order valence-electron chi connectivity index (χ0n) is 6.95. The summed E-state index contributed by atoms with van der Waals surface area (Å²) in [5.41, 5.74) is 0.752. The largest absolute Gasteiger partial charge is 0.311 e. The molecule has 0 aliphatic carbocycles. The average molecular weight is 160 g/mol. The molecule has 0 aliphatic rings. The number of hydrogen-bond donors (Lipinski definition) is 0. The van der Waals surface area contributed by atoms with E-state index < -0.39 is 0 Å². The first-order valence-corrected chi connectivity index (χ1v) is 3.62. The minimum Gasteiger partial charge on any atom is -0.311 e. The quantitative estimate of drug-likeness (QED) is 0.602. The molecule has 0 aliphatic heterocycles. The van der Waals surface area contributed by atoms with Crippen LogP contribution in [0.2, 0.25) is 0 Å². The summed E-state index contributed by atoms with van der Waals surface area (Å²) in [6, 6.07) is 10.2. The number of nitrogens with zero attached hydrogens (tertiary/aromatic N) is 1. The van der Waals surface area contributed by atoms with E-state index in [9.17, 15) is 4.79 Å². The van der Waals surface area contributed by atoms with Crippen LogP contribution < -0.4 is 4.90 Å². The Bertz CT molecular complexity index is 279. The van der Waals surface area contributed by atoms with Gasteiger partial charge in [0.25, 0.3) is 0 Å². The van der Waals surface area contributed by atoms with E-state index in [0.29, 0.717) is 0 Å². The highest BCUT2D eigenvalue weighted by molar-refractivity contribution is 6.00. The van der Waals surface area contributed by atoms with Crippen molar-refractivity contribution in [1.29, 1.82) is 0 Å². The summed E-state index contributed by atoms with van der Waals surface area (Å²) >= 11 is 0. The van der Waals surface area contributed by atoms with Crippen molar-refractivity contribution in [3.63, 3.8) is 0 Å². The molecule has 1 radical (unpaired) electrons. The number of likely N-dealkylation sites (N-methyl/N-ethyl adjacent to an activating group) is 1. The molecule has 0 spiro atoms. The summed E-state index contributed by atoms with van der Waals surface area (Å²) in [6.07, 6.45) is 1.28. The van der Waals surface area contributed by atoms with Gasteiger partial charge in [0.2, 0.25) is 5.91 Å². The average Bonchev–Trinajstić information content (AvgIpc) is 2.17. The lowest BCUT2D eigenvalue weighted by Gasteiger charge is -2.13. The van der Waals surface area contributed by atoms with Crippen molar-refractivity contribution in [3.05, 3.63) is 43.0 Å². The van der Waals surface area contributed by atoms with Crippen LogP contribution in [0.3, 0.4) is 0 Å². The van der Waals surface area contributed by atoms with Gasteiger partial charge in [0.05, 0.1) is 5.69 Å². The zero-order chi connectivity index (χ0) is 8.97. The Kier molecular flexibility index (Phi) is 2.64. The van der Waals surface area contributed by atoms with Crippen molar-refractivity contribution in [3.8, 4) is 0 Å². The van der Waals surface area contributed by atoms with Gasteiger partial charge in [-0.05, 0) is 12.1 Å². The van der Waals surface area contributed by atoms with Crippen LogP contribution in [0.5, 0.6) is 0 Å². The molecule has 1 aromatic carbocycles. The summed E-state index contributed by atoms with van der Waals surface area (Å²) in [5, 5.41) is 0. The minimum absolute atomic E-state index is 0.127. The van der Waals surface area contributed by atoms with Crippen LogP contribution in [0.4, 0.5) is 5.69 Å². The first kappa shape index (κ1) is 8.53. The minimum atomic E-state index is -0.127. The van der Waals surface area contributed by atoms with Crippen LogP contribution in [-0.4, -0.2) is 13.0 Å². The molecule has 0 saturated carbocycles. The zero-order valence-corrected chi connectivity index (χ0v) is 6.95. The van der Waals surface area contributed by atoms with Crippen molar-refractivity contribution >= 4 is 11.6 Å². The normalized spacial score (nSPS) is 9.08. The number of rotatable bonds is 2. The summed E-state index contributed by atoms with van der Waals surface area (Å²) in [5.74, 6) is -0.127. The van der Waals surface area contributed by atoms with Crippen LogP contribution >= 0.6 is 0 Å². The lowest BCUT2D eigenvalue weighted by Crippen LogP contribution is -2.23. The molecular formula is C10H10NO. The molecule has 1 aromatic rings. The van der Waals surface area contributed by atoms with Gasteiger partial charge in [0.1, 0.15) is 0 Å². The molecule has 0 N–H and O–H groups in total. The van der Waals surface area contributed by atoms with E-state index in [2.05, 4.69) is 12.6 Å². The van der Waals surface area contributed by atoms with Gasteiger partial charge in [-0.2, -0.15) is 0 Å². The van der Waals surface area contributed by atoms with Gasteiger partial charge < -0.3 is 4.90 Å². The van der Waals surface area contributed by atoms with E-state index in [1.165, 1.54) is 11.0 Å². The third kappa shape index (κ3) is 1.72. The van der Waals surface area contributed by atoms with Crippen LogP contribution in [0, 0.1) is 6.07 Å². The van der Waals surface area contributed by atoms with Gasteiger partial charge in [0.15, 0.2) is 0 Å². The van der Waals surface area contributed by atoms with Crippen LogP contribution in [0.1, 0.15) is 0 Å². The maximum atomic E-state index is 11.1. The Morgan fingerprint density at radius 1 is 1.67 bits per heavy atom. The number of carbonyl (C=O) groups excluding carboxylic acids is 1. The Labute approximate surface area is 72.1 Å². The maximum absolute atomic E-state index is 11.1. The van der Waals surface area contributed by atoms with Crippen molar-refractivity contribution in [2.75, 3.05) is 11.9 Å². The number of anilines is 1. The summed E-state index contributed by atoms with van der Waals surface area (Å²) in [6.45, 7) is 3.40. The summed E-state index contributed by atoms with van der Waals surface area (Å²) < 4.78 is 0. The number of para-hydroxylation sites is 1. The maximum Gasteiger partial charge on any atom is 0.250 e. The Morgan fingerprint density at radius 3 is 2.92 bits per heavy atom. The molecule has 2 heteroatoms. The fraction of sp³-hybridized carbons (Fsp3) is 0.100. The predicted octanol–water partition coefficient (Wildman–Crippen LogP) is 1.64. The third-order valence-electron chi connectivity index (χ3n) is 1.56. The first-order chi connectivity index (χ1) is 5.75. The molecule has 0 saturated heterocycles. The van der Waals surface area contributed by atoms with Gasteiger partial charge in [-0.25, -0.2) is 0 Å². The monoisotopic (exact) mass is 160 g/mol. The molecule has 0 atom stereocenters. The lowest BCUT2D eigenvalue weighted by molar-refractivity contribution is -0.113. The highest BCUT2D eigenvalue weighted by Crippen LogP contribution is 2.09. The molecule has 1 amide bonds. The van der Waals surface area contributed by atoms with Gasteiger partial charge in [-0.15, -0.1) is 0 Å². The van der Waals surface area contributed by atoms with Crippen LogP contribution in [0.25, 0.3) is 0 Å². The van der Waals surface area contributed by atoms with Crippen molar-refractivity contribution < 1.29 is 4.79 Å². The Morgan fingerprint density at radius 2 is 2.42 bits per heavy atom. The molecule has 2 nitrogen and oxygen atoms in total. The summed E-state index contributed by atoms with van der Waals surface area (Å²) in [4.78, 5) is 12.6. The SMILES string of the molecule is C=CC(=O)N(C)c1[c]cccc1. The number of hydrogen-bond acceptors (Lipinski definition) is 1. The molecule has 12 heavy (non-hydrogen) atoms. The third-order valence-corrected chi connectivity index (χ3v) is 1.56. The van der Waals surface area contributed by atoms with E-state index >= 15 is 0 Å². The van der Waals surface area contributed by atoms with E-state index in [-0.39, 0.29) is 5.91 Å². The molecule has 61 valence electrons. The highest BCUT2D eigenvalue weighted by atomic mass is 16.2. The molecule has 1 rings (SSSR count). The van der Waals surface area contributed by atoms with Gasteiger partial charge in [0, 0.05) is 13.1 Å². The Hall–Kier alpha value is -1.57. The second-order valence-corrected chi connectivity index (χ2v) is 2.35. The lowest BCUT2D eigenvalue weighted by atomic mass is 10.3. The van der Waals surface area contributed by atoms with Crippen molar-refractivity contribution in [2.24, 2.45) is 0 Å². The standard InChI is InChI=1S/C10H10NO/c1-3-10(12)11(2)9-7-5-4-6-8-9/h3-7H,1H2,2H3. The Balaban J connectivity index is 2.85. The van der Waals surface area contributed by atoms with E-state index in [1.54, 1.807) is 13.1 Å². The molecule has 0 heterocycles.